The van der Waals surface area contributed by atoms with E-state index in [9.17, 15) is 4.79 Å². The van der Waals surface area contributed by atoms with E-state index in [1.165, 1.54) is 5.56 Å². The Kier molecular flexibility index (Phi) is 5.58. The molecule has 0 unspecified atom stereocenters. The van der Waals surface area contributed by atoms with E-state index in [4.69, 9.17) is 0 Å². The van der Waals surface area contributed by atoms with Crippen LogP contribution in [0.5, 0.6) is 0 Å². The van der Waals surface area contributed by atoms with Crippen LogP contribution in [0.15, 0.2) is 48.7 Å². The summed E-state index contributed by atoms with van der Waals surface area (Å²) in [6.07, 6.45) is 2.82. The highest BCUT2D eigenvalue weighted by molar-refractivity contribution is 5.92. The molecule has 0 radical (unpaired) electrons. The molecule has 1 aromatic heterocycles. The van der Waals surface area contributed by atoms with Gasteiger partial charge in [-0.1, -0.05) is 30.3 Å². The van der Waals surface area contributed by atoms with Crippen LogP contribution < -0.4 is 5.32 Å². The number of nitrogens with zero attached hydrogens (tertiary/aromatic N) is 2. The van der Waals surface area contributed by atoms with E-state index >= 15 is 0 Å². The average molecular weight is 285 g/mol. The van der Waals surface area contributed by atoms with E-state index in [1.807, 2.05) is 36.0 Å². The lowest BCUT2D eigenvalue weighted by Crippen LogP contribution is -2.29. The quantitative estimate of drug-likeness (QED) is 0.792. The molecule has 0 saturated heterocycles. The van der Waals surface area contributed by atoms with Gasteiger partial charge in [0.05, 0.1) is 0 Å². The smallest absolute Gasteiger partial charge is 0.267 e. The van der Waals surface area contributed by atoms with Gasteiger partial charge in [-0.15, -0.1) is 0 Å². The SMILES string of the molecule is CN(CCCNC(=O)c1cccn1C)Cc1ccccc1. The number of hydrogen-bond donors (Lipinski definition) is 1. The second-order valence-electron chi connectivity index (χ2n) is 5.34. The highest BCUT2D eigenvalue weighted by atomic mass is 16.1. The lowest BCUT2D eigenvalue weighted by molar-refractivity contribution is 0.0944. The normalized spacial score (nSPS) is 10.8. The van der Waals surface area contributed by atoms with Gasteiger partial charge >= 0.3 is 0 Å². The van der Waals surface area contributed by atoms with Gasteiger partial charge in [-0.25, -0.2) is 0 Å². The molecule has 0 fully saturated rings. The zero-order valence-corrected chi connectivity index (χ0v) is 12.7. The molecule has 0 aliphatic heterocycles. The number of carbonyl (C=O) groups is 1. The lowest BCUT2D eigenvalue weighted by Gasteiger charge is -2.16. The van der Waals surface area contributed by atoms with Crippen molar-refractivity contribution < 1.29 is 4.79 Å². The molecule has 1 amide bonds. The van der Waals surface area contributed by atoms with Gasteiger partial charge in [0.1, 0.15) is 5.69 Å². The minimum atomic E-state index is -0.00628. The first-order chi connectivity index (χ1) is 10.2. The van der Waals surface area contributed by atoms with Crippen LogP contribution in [-0.4, -0.2) is 35.5 Å². The molecule has 0 spiro atoms. The van der Waals surface area contributed by atoms with Crippen molar-refractivity contribution in [2.75, 3.05) is 20.1 Å². The molecule has 4 heteroatoms. The van der Waals surface area contributed by atoms with Crippen LogP contribution in [0.2, 0.25) is 0 Å². The van der Waals surface area contributed by atoms with Crippen molar-refractivity contribution in [2.24, 2.45) is 7.05 Å². The van der Waals surface area contributed by atoms with Crippen molar-refractivity contribution in [1.29, 1.82) is 0 Å². The maximum absolute atomic E-state index is 11.9. The molecule has 1 heterocycles. The van der Waals surface area contributed by atoms with Gasteiger partial charge in [0.2, 0.25) is 0 Å². The summed E-state index contributed by atoms with van der Waals surface area (Å²) in [5.74, 6) is -0.00628. The Hall–Kier alpha value is -2.07. The van der Waals surface area contributed by atoms with Crippen molar-refractivity contribution >= 4 is 5.91 Å². The van der Waals surface area contributed by atoms with Gasteiger partial charge < -0.3 is 14.8 Å². The maximum Gasteiger partial charge on any atom is 0.267 e. The molecule has 21 heavy (non-hydrogen) atoms. The molecule has 0 aliphatic rings. The number of benzene rings is 1. The standard InChI is InChI=1S/C17H23N3O/c1-19(14-15-8-4-3-5-9-15)12-7-11-18-17(21)16-10-6-13-20(16)2/h3-6,8-10,13H,7,11-12,14H2,1-2H3,(H,18,21). The number of nitrogens with one attached hydrogen (secondary N) is 1. The van der Waals surface area contributed by atoms with Gasteiger partial charge in [0, 0.05) is 26.3 Å². The van der Waals surface area contributed by atoms with Crippen molar-refractivity contribution in [3.05, 3.63) is 59.9 Å². The zero-order chi connectivity index (χ0) is 15.1. The van der Waals surface area contributed by atoms with E-state index in [-0.39, 0.29) is 5.91 Å². The third kappa shape index (κ3) is 4.76. The number of amides is 1. The third-order valence-electron chi connectivity index (χ3n) is 3.47. The first-order valence-electron chi connectivity index (χ1n) is 7.29. The Morgan fingerprint density at radius 1 is 1.19 bits per heavy atom. The van der Waals surface area contributed by atoms with Crippen LogP contribution in [0.25, 0.3) is 0 Å². The van der Waals surface area contributed by atoms with Crippen molar-refractivity contribution in [3.8, 4) is 0 Å². The predicted molar refractivity (Wildman–Crippen MR) is 85.1 cm³/mol. The van der Waals surface area contributed by atoms with E-state index < -0.39 is 0 Å². The second-order valence-corrected chi connectivity index (χ2v) is 5.34. The van der Waals surface area contributed by atoms with Crippen LogP contribution in [-0.2, 0) is 13.6 Å². The van der Waals surface area contributed by atoms with E-state index in [2.05, 4.69) is 41.5 Å². The molecule has 0 saturated carbocycles. The molecule has 2 rings (SSSR count). The van der Waals surface area contributed by atoms with Gasteiger partial charge in [-0.3, -0.25) is 4.79 Å². The molecular formula is C17H23N3O. The number of carbonyl (C=O) groups excluding carboxylic acids is 1. The largest absolute Gasteiger partial charge is 0.351 e. The Labute approximate surface area is 126 Å². The summed E-state index contributed by atoms with van der Waals surface area (Å²) in [6.45, 7) is 2.60. The van der Waals surface area contributed by atoms with Gasteiger partial charge in [-0.05, 0) is 37.7 Å². The molecular weight excluding hydrogens is 262 g/mol. The Morgan fingerprint density at radius 3 is 2.62 bits per heavy atom. The second kappa shape index (κ2) is 7.64. The Morgan fingerprint density at radius 2 is 1.95 bits per heavy atom. The fourth-order valence-corrected chi connectivity index (χ4v) is 2.31. The van der Waals surface area contributed by atoms with Crippen molar-refractivity contribution in [3.63, 3.8) is 0 Å². The lowest BCUT2D eigenvalue weighted by atomic mass is 10.2. The minimum absolute atomic E-state index is 0.00628. The predicted octanol–water partition coefficient (Wildman–Crippen LogP) is 2.28. The Bertz CT molecular complexity index is 562. The van der Waals surface area contributed by atoms with E-state index in [1.54, 1.807) is 0 Å². The van der Waals surface area contributed by atoms with E-state index in [0.29, 0.717) is 12.2 Å². The van der Waals surface area contributed by atoms with Crippen LogP contribution in [0.3, 0.4) is 0 Å². The first kappa shape index (κ1) is 15.3. The summed E-state index contributed by atoms with van der Waals surface area (Å²) in [4.78, 5) is 14.2. The molecule has 0 aliphatic carbocycles. The summed E-state index contributed by atoms with van der Waals surface area (Å²) in [5, 5.41) is 2.96. The zero-order valence-electron chi connectivity index (χ0n) is 12.7. The fraction of sp³-hybridized carbons (Fsp3) is 0.353. The summed E-state index contributed by atoms with van der Waals surface area (Å²) in [6, 6.07) is 14.1. The number of rotatable bonds is 7. The highest BCUT2D eigenvalue weighted by Gasteiger charge is 2.07. The van der Waals surface area contributed by atoms with Gasteiger partial charge in [0.15, 0.2) is 0 Å². The molecule has 2 aromatic rings. The first-order valence-corrected chi connectivity index (χ1v) is 7.29. The highest BCUT2D eigenvalue weighted by Crippen LogP contribution is 2.03. The summed E-state index contributed by atoms with van der Waals surface area (Å²) in [7, 11) is 3.98. The van der Waals surface area contributed by atoms with Crippen molar-refractivity contribution in [1.82, 2.24) is 14.8 Å². The summed E-state index contributed by atoms with van der Waals surface area (Å²) < 4.78 is 1.83. The fourth-order valence-electron chi connectivity index (χ4n) is 2.31. The summed E-state index contributed by atoms with van der Waals surface area (Å²) in [5.41, 5.74) is 2.01. The number of hydrogen-bond acceptors (Lipinski definition) is 2. The molecule has 0 bridgehead atoms. The Balaban J connectivity index is 1.65. The third-order valence-corrected chi connectivity index (χ3v) is 3.47. The maximum atomic E-state index is 11.9. The van der Waals surface area contributed by atoms with Crippen LogP contribution >= 0.6 is 0 Å². The van der Waals surface area contributed by atoms with Gasteiger partial charge in [-0.2, -0.15) is 0 Å². The number of aryl methyl sites for hydroxylation is 1. The van der Waals surface area contributed by atoms with Crippen molar-refractivity contribution in [2.45, 2.75) is 13.0 Å². The molecule has 1 aromatic carbocycles. The molecule has 4 nitrogen and oxygen atoms in total. The minimum Gasteiger partial charge on any atom is -0.351 e. The van der Waals surface area contributed by atoms with E-state index in [0.717, 1.165) is 19.5 Å². The molecule has 1 N–H and O–H groups in total. The van der Waals surface area contributed by atoms with Crippen LogP contribution in [0, 0.1) is 0 Å². The van der Waals surface area contributed by atoms with Crippen LogP contribution in [0.4, 0.5) is 0 Å². The number of aromatic nitrogens is 1. The summed E-state index contributed by atoms with van der Waals surface area (Å²) >= 11 is 0. The van der Waals surface area contributed by atoms with Gasteiger partial charge in [0.25, 0.3) is 5.91 Å². The molecule has 0 atom stereocenters. The average Bonchev–Trinajstić information content (AvgIpc) is 2.91. The molecule has 112 valence electrons. The van der Waals surface area contributed by atoms with Crippen LogP contribution in [0.1, 0.15) is 22.5 Å². The topological polar surface area (TPSA) is 37.3 Å². The monoisotopic (exact) mass is 285 g/mol.